The molecular weight excluding hydrogens is 178 g/mol. The second kappa shape index (κ2) is 3.91. The van der Waals surface area contributed by atoms with Crippen LogP contribution in [0.15, 0.2) is 35.4 Å². The van der Waals surface area contributed by atoms with E-state index in [9.17, 15) is 0 Å². The Labute approximate surface area is 82.0 Å². The monoisotopic (exact) mass is 189 g/mol. The van der Waals surface area contributed by atoms with E-state index < -0.39 is 0 Å². The van der Waals surface area contributed by atoms with Crippen LogP contribution in [0.5, 0.6) is 0 Å². The van der Waals surface area contributed by atoms with Crippen molar-refractivity contribution in [3.63, 3.8) is 0 Å². The molecule has 0 aliphatic carbocycles. The average Bonchev–Trinajstić information content (AvgIpc) is 2.71. The third-order valence-corrected chi connectivity index (χ3v) is 1.84. The third-order valence-electron chi connectivity index (χ3n) is 1.84. The van der Waals surface area contributed by atoms with E-state index in [2.05, 4.69) is 15.3 Å². The molecule has 0 unspecified atom stereocenters. The van der Waals surface area contributed by atoms with Gasteiger partial charge in [-0.1, -0.05) is 0 Å². The maximum atomic E-state index is 4.99. The Morgan fingerprint density at radius 1 is 1.43 bits per heavy atom. The van der Waals surface area contributed by atoms with Crippen molar-refractivity contribution < 1.29 is 4.42 Å². The topological polar surface area (TPSA) is 51.0 Å². The number of nitrogens with one attached hydrogen (secondary N) is 1. The van der Waals surface area contributed by atoms with Crippen LogP contribution in [0.25, 0.3) is 11.3 Å². The predicted molar refractivity (Wildman–Crippen MR) is 53.9 cm³/mol. The summed E-state index contributed by atoms with van der Waals surface area (Å²) in [7, 11) is 0. The minimum atomic E-state index is 0.832. The first-order valence-corrected chi connectivity index (χ1v) is 4.48. The first-order valence-electron chi connectivity index (χ1n) is 4.48. The maximum absolute atomic E-state index is 4.99. The molecule has 0 saturated heterocycles. The molecule has 0 spiro atoms. The van der Waals surface area contributed by atoms with Crippen LogP contribution in [-0.2, 0) is 0 Å². The smallest absolute Gasteiger partial charge is 0.129 e. The van der Waals surface area contributed by atoms with Crippen molar-refractivity contribution in [1.82, 2.24) is 9.97 Å². The standard InChI is InChI=1S/C10H11N3O/c1-2-11-10-5-9(12-7-13-10)8-3-4-14-6-8/h3-7H,2H2,1H3,(H,11,12,13). The van der Waals surface area contributed by atoms with Gasteiger partial charge in [0.2, 0.25) is 0 Å². The van der Waals surface area contributed by atoms with Crippen LogP contribution in [0, 0.1) is 0 Å². The van der Waals surface area contributed by atoms with Gasteiger partial charge in [-0.15, -0.1) is 0 Å². The fourth-order valence-corrected chi connectivity index (χ4v) is 1.20. The lowest BCUT2D eigenvalue weighted by atomic mass is 10.2. The molecule has 1 N–H and O–H groups in total. The molecular formula is C10H11N3O. The van der Waals surface area contributed by atoms with Gasteiger partial charge in [-0.2, -0.15) is 0 Å². The minimum Gasteiger partial charge on any atom is -0.472 e. The Balaban J connectivity index is 2.31. The van der Waals surface area contributed by atoms with Gasteiger partial charge < -0.3 is 9.73 Å². The van der Waals surface area contributed by atoms with Crippen LogP contribution in [0.4, 0.5) is 5.82 Å². The highest BCUT2D eigenvalue weighted by atomic mass is 16.3. The number of anilines is 1. The van der Waals surface area contributed by atoms with Gasteiger partial charge in [0, 0.05) is 18.2 Å². The SMILES string of the molecule is CCNc1cc(-c2ccoc2)ncn1. The van der Waals surface area contributed by atoms with E-state index in [1.54, 1.807) is 18.9 Å². The quantitative estimate of drug-likeness (QED) is 0.803. The van der Waals surface area contributed by atoms with Gasteiger partial charge in [-0.3, -0.25) is 0 Å². The van der Waals surface area contributed by atoms with Crippen LogP contribution in [-0.4, -0.2) is 16.5 Å². The summed E-state index contributed by atoms with van der Waals surface area (Å²) < 4.78 is 4.99. The van der Waals surface area contributed by atoms with E-state index in [4.69, 9.17) is 4.42 Å². The van der Waals surface area contributed by atoms with E-state index in [-0.39, 0.29) is 0 Å². The molecule has 72 valence electrons. The third kappa shape index (κ3) is 1.74. The molecule has 2 heterocycles. The summed E-state index contributed by atoms with van der Waals surface area (Å²) in [5.74, 6) is 0.832. The largest absolute Gasteiger partial charge is 0.472 e. The molecule has 0 aliphatic heterocycles. The molecule has 0 bridgehead atoms. The Morgan fingerprint density at radius 2 is 2.36 bits per heavy atom. The highest BCUT2D eigenvalue weighted by Crippen LogP contribution is 2.18. The molecule has 0 amide bonds. The highest BCUT2D eigenvalue weighted by Gasteiger charge is 2.01. The first-order chi connectivity index (χ1) is 6.90. The Hall–Kier alpha value is -1.84. The summed E-state index contributed by atoms with van der Waals surface area (Å²) in [4.78, 5) is 8.24. The normalized spacial score (nSPS) is 10.1. The van der Waals surface area contributed by atoms with Crippen molar-refractivity contribution >= 4 is 5.82 Å². The van der Waals surface area contributed by atoms with E-state index in [1.165, 1.54) is 0 Å². The molecule has 4 heteroatoms. The Bertz CT molecular complexity index is 398. The van der Waals surface area contributed by atoms with Crippen molar-refractivity contribution in [1.29, 1.82) is 0 Å². The molecule has 2 aromatic heterocycles. The second-order valence-electron chi connectivity index (χ2n) is 2.83. The van der Waals surface area contributed by atoms with Crippen molar-refractivity contribution in [3.8, 4) is 11.3 Å². The van der Waals surface area contributed by atoms with E-state index in [0.717, 1.165) is 23.6 Å². The summed E-state index contributed by atoms with van der Waals surface area (Å²) in [5.41, 5.74) is 1.83. The average molecular weight is 189 g/mol. The zero-order valence-electron chi connectivity index (χ0n) is 7.90. The molecule has 4 nitrogen and oxygen atoms in total. The minimum absolute atomic E-state index is 0.832. The van der Waals surface area contributed by atoms with Crippen molar-refractivity contribution in [2.75, 3.05) is 11.9 Å². The van der Waals surface area contributed by atoms with Crippen LogP contribution in [0.3, 0.4) is 0 Å². The van der Waals surface area contributed by atoms with Gasteiger partial charge >= 0.3 is 0 Å². The molecule has 0 atom stereocenters. The van der Waals surface area contributed by atoms with E-state index >= 15 is 0 Å². The van der Waals surface area contributed by atoms with Gasteiger partial charge in [-0.25, -0.2) is 9.97 Å². The second-order valence-corrected chi connectivity index (χ2v) is 2.83. The molecule has 0 saturated carbocycles. The van der Waals surface area contributed by atoms with Gasteiger partial charge in [0.1, 0.15) is 12.1 Å². The zero-order chi connectivity index (χ0) is 9.80. The number of furan rings is 1. The number of hydrogen-bond acceptors (Lipinski definition) is 4. The van der Waals surface area contributed by atoms with Gasteiger partial charge in [0.05, 0.1) is 18.2 Å². The van der Waals surface area contributed by atoms with Crippen molar-refractivity contribution in [2.45, 2.75) is 6.92 Å². The lowest BCUT2D eigenvalue weighted by Crippen LogP contribution is -1.99. The van der Waals surface area contributed by atoms with Crippen LogP contribution in [0.1, 0.15) is 6.92 Å². The Kier molecular flexibility index (Phi) is 2.44. The highest BCUT2D eigenvalue weighted by molar-refractivity contribution is 5.60. The lowest BCUT2D eigenvalue weighted by Gasteiger charge is -2.02. The lowest BCUT2D eigenvalue weighted by molar-refractivity contribution is 0.568. The summed E-state index contributed by atoms with van der Waals surface area (Å²) >= 11 is 0. The fourth-order valence-electron chi connectivity index (χ4n) is 1.20. The summed E-state index contributed by atoms with van der Waals surface area (Å²) in [6, 6.07) is 3.77. The predicted octanol–water partition coefficient (Wildman–Crippen LogP) is 2.17. The van der Waals surface area contributed by atoms with E-state index in [0.29, 0.717) is 0 Å². The van der Waals surface area contributed by atoms with Gasteiger partial charge in [0.15, 0.2) is 0 Å². The van der Waals surface area contributed by atoms with Crippen LogP contribution < -0.4 is 5.32 Å². The molecule has 0 aromatic carbocycles. The summed E-state index contributed by atoms with van der Waals surface area (Å²) in [6.45, 7) is 2.88. The number of hydrogen-bond donors (Lipinski definition) is 1. The molecule has 14 heavy (non-hydrogen) atoms. The van der Waals surface area contributed by atoms with E-state index in [1.807, 2.05) is 19.1 Å². The van der Waals surface area contributed by atoms with Crippen molar-refractivity contribution in [3.05, 3.63) is 31.0 Å². The first kappa shape index (κ1) is 8.74. The fraction of sp³-hybridized carbons (Fsp3) is 0.200. The number of aromatic nitrogens is 2. The molecule has 2 rings (SSSR count). The molecule has 0 radical (unpaired) electrons. The zero-order valence-corrected chi connectivity index (χ0v) is 7.90. The van der Waals surface area contributed by atoms with Gasteiger partial charge in [0.25, 0.3) is 0 Å². The summed E-state index contributed by atoms with van der Waals surface area (Å²) in [5, 5.41) is 3.13. The van der Waals surface area contributed by atoms with Gasteiger partial charge in [-0.05, 0) is 13.0 Å². The number of nitrogens with zero attached hydrogens (tertiary/aromatic N) is 2. The van der Waals surface area contributed by atoms with Crippen LogP contribution >= 0.6 is 0 Å². The molecule has 0 fully saturated rings. The summed E-state index contributed by atoms with van der Waals surface area (Å²) in [6.07, 6.45) is 4.84. The Morgan fingerprint density at radius 3 is 3.07 bits per heavy atom. The molecule has 0 aliphatic rings. The number of rotatable bonds is 3. The van der Waals surface area contributed by atoms with Crippen LogP contribution in [0.2, 0.25) is 0 Å². The maximum Gasteiger partial charge on any atom is 0.129 e. The van der Waals surface area contributed by atoms with Crippen molar-refractivity contribution in [2.24, 2.45) is 0 Å². The molecule has 2 aromatic rings.